The Morgan fingerprint density at radius 1 is 1.33 bits per heavy atom. The van der Waals surface area contributed by atoms with Crippen LogP contribution in [0.15, 0.2) is 12.1 Å². The van der Waals surface area contributed by atoms with E-state index in [1.807, 2.05) is 19.9 Å². The number of rotatable bonds is 4. The molecule has 5 heteroatoms. The van der Waals surface area contributed by atoms with Crippen LogP contribution in [0.5, 0.6) is 0 Å². The van der Waals surface area contributed by atoms with E-state index in [-0.39, 0.29) is 11.9 Å². The van der Waals surface area contributed by atoms with Crippen molar-refractivity contribution in [2.75, 3.05) is 33.7 Å². The minimum absolute atomic E-state index is 0.162. The number of nitrogens with two attached hydrogens (primary N) is 1. The summed E-state index contributed by atoms with van der Waals surface area (Å²) in [7, 11) is 4.26. The van der Waals surface area contributed by atoms with E-state index < -0.39 is 0 Å². The van der Waals surface area contributed by atoms with Crippen LogP contribution in [0.25, 0.3) is 0 Å². The van der Waals surface area contributed by atoms with Gasteiger partial charge in [-0.2, -0.15) is 0 Å². The monoisotopic (exact) mass is 294 g/mol. The second-order valence-electron chi connectivity index (χ2n) is 6.33. The first kappa shape index (κ1) is 16.4. The van der Waals surface area contributed by atoms with Crippen LogP contribution < -0.4 is 11.3 Å². The smallest absolute Gasteiger partial charge is 0.128 e. The molecule has 0 amide bonds. The summed E-state index contributed by atoms with van der Waals surface area (Å²) in [5, 5.41) is 0. The van der Waals surface area contributed by atoms with Gasteiger partial charge in [0.1, 0.15) is 5.82 Å². The topological polar surface area (TPSA) is 44.5 Å². The Morgan fingerprint density at radius 2 is 2.05 bits per heavy atom. The maximum absolute atomic E-state index is 14.4. The molecule has 2 rings (SSSR count). The summed E-state index contributed by atoms with van der Waals surface area (Å²) in [6.45, 7) is 6.96. The number of likely N-dealkylation sites (N-methyl/N-ethyl adjacent to an activating group) is 2. The summed E-state index contributed by atoms with van der Waals surface area (Å²) < 4.78 is 14.4. The van der Waals surface area contributed by atoms with E-state index in [0.29, 0.717) is 11.6 Å². The predicted molar refractivity (Wildman–Crippen MR) is 84.5 cm³/mol. The van der Waals surface area contributed by atoms with Gasteiger partial charge in [0.25, 0.3) is 0 Å². The van der Waals surface area contributed by atoms with Crippen LogP contribution in [0, 0.1) is 19.7 Å². The molecule has 0 spiro atoms. The third kappa shape index (κ3) is 3.80. The molecule has 1 aromatic carbocycles. The lowest BCUT2D eigenvalue weighted by molar-refractivity contribution is 0.101. The minimum Gasteiger partial charge on any atom is -0.304 e. The molecule has 1 saturated heterocycles. The van der Waals surface area contributed by atoms with Crippen LogP contribution in [0.3, 0.4) is 0 Å². The number of aryl methyl sites for hydroxylation is 2. The average molecular weight is 294 g/mol. The Morgan fingerprint density at radius 3 is 2.67 bits per heavy atom. The van der Waals surface area contributed by atoms with Gasteiger partial charge in [-0.25, -0.2) is 4.39 Å². The molecule has 0 aromatic heterocycles. The van der Waals surface area contributed by atoms with E-state index >= 15 is 0 Å². The molecule has 1 aromatic rings. The molecule has 3 N–H and O–H groups in total. The fourth-order valence-corrected chi connectivity index (χ4v) is 3.27. The van der Waals surface area contributed by atoms with Gasteiger partial charge in [-0.15, -0.1) is 0 Å². The standard InChI is InChI=1S/C16H27FN4/c1-11-7-12(2)16(14(17)8-11)15(19-18)9-13-10-20(3)5-6-21(13)4/h7-8,13,15,19H,5-6,9-10,18H2,1-4H3. The van der Waals surface area contributed by atoms with Gasteiger partial charge in [-0.05, 0) is 51.6 Å². The highest BCUT2D eigenvalue weighted by atomic mass is 19.1. The van der Waals surface area contributed by atoms with Gasteiger partial charge < -0.3 is 9.80 Å². The third-order valence-corrected chi connectivity index (χ3v) is 4.52. The molecule has 4 nitrogen and oxygen atoms in total. The number of hydrogen-bond donors (Lipinski definition) is 2. The van der Waals surface area contributed by atoms with Gasteiger partial charge in [0.15, 0.2) is 0 Å². The highest BCUT2D eigenvalue weighted by molar-refractivity contribution is 5.34. The second kappa shape index (κ2) is 6.83. The fourth-order valence-electron chi connectivity index (χ4n) is 3.27. The predicted octanol–water partition coefficient (Wildman–Crippen LogP) is 1.58. The van der Waals surface area contributed by atoms with Gasteiger partial charge in [0, 0.05) is 31.2 Å². The zero-order valence-corrected chi connectivity index (χ0v) is 13.5. The molecule has 2 atom stereocenters. The van der Waals surface area contributed by atoms with Crippen LogP contribution >= 0.6 is 0 Å². The number of hydrogen-bond acceptors (Lipinski definition) is 4. The number of nitrogens with one attached hydrogen (secondary N) is 1. The normalized spacial score (nSPS) is 22.5. The van der Waals surface area contributed by atoms with E-state index in [4.69, 9.17) is 5.84 Å². The van der Waals surface area contributed by atoms with E-state index in [1.165, 1.54) is 0 Å². The second-order valence-corrected chi connectivity index (χ2v) is 6.33. The fraction of sp³-hybridized carbons (Fsp3) is 0.625. The van der Waals surface area contributed by atoms with Crippen LogP contribution in [0.4, 0.5) is 4.39 Å². The van der Waals surface area contributed by atoms with Crippen molar-refractivity contribution in [2.45, 2.75) is 32.4 Å². The summed E-state index contributed by atoms with van der Waals surface area (Å²) in [5.41, 5.74) is 5.42. The first-order valence-electron chi connectivity index (χ1n) is 7.54. The number of benzene rings is 1. The van der Waals surface area contributed by atoms with Gasteiger partial charge in [-0.3, -0.25) is 11.3 Å². The molecular formula is C16H27FN4. The van der Waals surface area contributed by atoms with Crippen molar-refractivity contribution < 1.29 is 4.39 Å². The zero-order chi connectivity index (χ0) is 15.6. The molecule has 1 aliphatic heterocycles. The average Bonchev–Trinajstić information content (AvgIpc) is 2.40. The van der Waals surface area contributed by atoms with Gasteiger partial charge >= 0.3 is 0 Å². The molecule has 118 valence electrons. The Hall–Kier alpha value is -1.01. The molecule has 2 unspecified atom stereocenters. The molecule has 1 aliphatic rings. The summed E-state index contributed by atoms with van der Waals surface area (Å²) in [6.07, 6.45) is 0.804. The summed E-state index contributed by atoms with van der Waals surface area (Å²) in [4.78, 5) is 4.66. The van der Waals surface area contributed by atoms with Crippen molar-refractivity contribution >= 4 is 0 Å². The minimum atomic E-state index is -0.165. The van der Waals surface area contributed by atoms with Crippen LogP contribution in [-0.2, 0) is 0 Å². The summed E-state index contributed by atoms with van der Waals surface area (Å²) in [6, 6.07) is 3.82. The van der Waals surface area contributed by atoms with Crippen molar-refractivity contribution in [2.24, 2.45) is 5.84 Å². The number of nitrogens with zero attached hydrogens (tertiary/aromatic N) is 2. The Balaban J connectivity index is 2.20. The van der Waals surface area contributed by atoms with Crippen molar-refractivity contribution in [3.8, 4) is 0 Å². The van der Waals surface area contributed by atoms with Crippen molar-refractivity contribution in [1.29, 1.82) is 0 Å². The Labute approximate surface area is 127 Å². The van der Waals surface area contributed by atoms with Crippen LogP contribution in [-0.4, -0.2) is 49.6 Å². The number of hydrazine groups is 1. The lowest BCUT2D eigenvalue weighted by atomic mass is 9.93. The summed E-state index contributed by atoms with van der Waals surface area (Å²) in [5.74, 6) is 5.56. The van der Waals surface area contributed by atoms with Crippen molar-refractivity contribution in [3.63, 3.8) is 0 Å². The van der Waals surface area contributed by atoms with E-state index in [9.17, 15) is 4.39 Å². The molecule has 0 radical (unpaired) electrons. The van der Waals surface area contributed by atoms with Crippen LogP contribution in [0.2, 0.25) is 0 Å². The molecule has 0 aliphatic carbocycles. The first-order valence-corrected chi connectivity index (χ1v) is 7.54. The first-order chi connectivity index (χ1) is 9.92. The van der Waals surface area contributed by atoms with Crippen LogP contribution in [0.1, 0.15) is 29.2 Å². The highest BCUT2D eigenvalue weighted by Crippen LogP contribution is 2.27. The quantitative estimate of drug-likeness (QED) is 0.654. The Bertz CT molecular complexity index is 468. The van der Waals surface area contributed by atoms with E-state index in [0.717, 1.165) is 37.2 Å². The third-order valence-electron chi connectivity index (χ3n) is 4.52. The number of piperazine rings is 1. The lowest BCUT2D eigenvalue weighted by Crippen LogP contribution is -2.51. The van der Waals surface area contributed by atoms with E-state index in [1.54, 1.807) is 6.07 Å². The SMILES string of the molecule is Cc1cc(C)c(C(CC2CN(C)CCN2C)NN)c(F)c1. The van der Waals surface area contributed by atoms with Gasteiger partial charge in [0.05, 0.1) is 6.04 Å². The Kier molecular flexibility index (Phi) is 5.32. The van der Waals surface area contributed by atoms with E-state index in [2.05, 4.69) is 29.3 Å². The maximum Gasteiger partial charge on any atom is 0.128 e. The zero-order valence-electron chi connectivity index (χ0n) is 13.5. The van der Waals surface area contributed by atoms with Crippen molar-refractivity contribution in [3.05, 3.63) is 34.6 Å². The maximum atomic E-state index is 14.4. The lowest BCUT2D eigenvalue weighted by Gasteiger charge is -2.39. The van der Waals surface area contributed by atoms with Gasteiger partial charge in [-0.1, -0.05) is 6.07 Å². The molecule has 1 heterocycles. The van der Waals surface area contributed by atoms with Gasteiger partial charge in [0.2, 0.25) is 0 Å². The molecule has 0 bridgehead atoms. The molecule has 1 fully saturated rings. The van der Waals surface area contributed by atoms with Crippen molar-refractivity contribution in [1.82, 2.24) is 15.2 Å². The molecular weight excluding hydrogens is 267 g/mol. The molecule has 0 saturated carbocycles. The number of halogens is 1. The largest absolute Gasteiger partial charge is 0.304 e. The summed E-state index contributed by atoms with van der Waals surface area (Å²) >= 11 is 0. The highest BCUT2D eigenvalue weighted by Gasteiger charge is 2.27. The molecule has 21 heavy (non-hydrogen) atoms.